The molecule has 0 fully saturated rings. The Labute approximate surface area is 264 Å². The molecule has 244 valence electrons. The molecule has 0 aliphatic rings. The first-order chi connectivity index (χ1) is 22.0. The van der Waals surface area contributed by atoms with Crippen LogP contribution in [0.25, 0.3) is 0 Å². The highest BCUT2D eigenvalue weighted by molar-refractivity contribution is 5.97. The third-order valence-corrected chi connectivity index (χ3v) is 7.41. The van der Waals surface area contributed by atoms with Crippen molar-refractivity contribution >= 4 is 35.6 Å². The van der Waals surface area contributed by atoms with Gasteiger partial charge >= 0.3 is 11.9 Å². The maximum atomic E-state index is 13.3. The summed E-state index contributed by atoms with van der Waals surface area (Å²) in [6, 6.07) is 15.3. The summed E-state index contributed by atoms with van der Waals surface area (Å²) in [6.07, 6.45) is 1.71. The van der Waals surface area contributed by atoms with Crippen LogP contribution >= 0.6 is 0 Å². The lowest BCUT2D eigenvalue weighted by Crippen LogP contribution is -2.53. The highest BCUT2D eigenvalue weighted by Gasteiger charge is 2.39. The Hall–Kier alpha value is -5.60. The Morgan fingerprint density at radius 2 is 1.26 bits per heavy atom. The molecule has 0 aliphatic heterocycles. The zero-order valence-electron chi connectivity index (χ0n) is 25.4. The van der Waals surface area contributed by atoms with E-state index < -0.39 is 66.3 Å². The van der Waals surface area contributed by atoms with E-state index in [1.807, 2.05) is 0 Å². The fourth-order valence-electron chi connectivity index (χ4n) is 4.72. The van der Waals surface area contributed by atoms with Crippen molar-refractivity contribution in [1.29, 1.82) is 0 Å². The van der Waals surface area contributed by atoms with E-state index in [0.29, 0.717) is 11.1 Å². The van der Waals surface area contributed by atoms with Crippen LogP contribution in [-0.2, 0) is 42.4 Å². The number of rotatable bonds is 17. The number of aromatic nitrogens is 3. The zero-order chi connectivity index (χ0) is 33.7. The standard InChI is InChI=1S/C31H37N7O8/c1-3-31(4-2,30(45)46)38-19-24(36-37-38)29(44)35-23(16-21-13-9-6-10-14-21)28(43)32-17-25(39)34-22(27(42)33-18-26(40)41)15-20-11-7-5-8-12-20/h5-14,19,22-23H,3-4,15-18H2,1-2H3,(H,32,43)(H,33,42)(H,34,39)(H,35,44)(H,40,41)(H,45,46)/t22-,23-/m0/s1. The van der Waals surface area contributed by atoms with Gasteiger partial charge in [0.2, 0.25) is 17.7 Å². The summed E-state index contributed by atoms with van der Waals surface area (Å²) >= 11 is 0. The highest BCUT2D eigenvalue weighted by Crippen LogP contribution is 2.24. The molecule has 3 aromatic rings. The van der Waals surface area contributed by atoms with Crippen LogP contribution in [0.2, 0.25) is 0 Å². The first-order valence-electron chi connectivity index (χ1n) is 14.6. The van der Waals surface area contributed by atoms with E-state index in [9.17, 15) is 33.9 Å². The van der Waals surface area contributed by atoms with Crippen molar-refractivity contribution in [2.24, 2.45) is 0 Å². The highest BCUT2D eigenvalue weighted by atomic mass is 16.4. The summed E-state index contributed by atoms with van der Waals surface area (Å²) < 4.78 is 1.12. The number of carbonyl (C=O) groups is 6. The summed E-state index contributed by atoms with van der Waals surface area (Å²) in [7, 11) is 0. The molecule has 1 heterocycles. The topological polar surface area (TPSA) is 222 Å². The predicted octanol–water partition coefficient (Wildman–Crippen LogP) is 0.264. The molecule has 0 aliphatic carbocycles. The second-order valence-corrected chi connectivity index (χ2v) is 10.4. The largest absolute Gasteiger partial charge is 0.480 e. The first kappa shape index (κ1) is 34.9. The van der Waals surface area contributed by atoms with E-state index in [-0.39, 0.29) is 31.4 Å². The van der Waals surface area contributed by atoms with Crippen molar-refractivity contribution in [2.45, 2.75) is 57.2 Å². The Bertz CT molecular complexity index is 1520. The van der Waals surface area contributed by atoms with Crippen LogP contribution in [-0.4, -0.2) is 85.9 Å². The fraction of sp³-hybridized carbons (Fsp3) is 0.355. The minimum Gasteiger partial charge on any atom is -0.480 e. The summed E-state index contributed by atoms with van der Waals surface area (Å²) in [5.74, 6) is -5.31. The van der Waals surface area contributed by atoms with Gasteiger partial charge in [-0.25, -0.2) is 9.48 Å². The number of carbonyl (C=O) groups excluding carboxylic acids is 4. The summed E-state index contributed by atoms with van der Waals surface area (Å²) in [5.41, 5.74) is -0.186. The minimum atomic E-state index is -1.40. The summed E-state index contributed by atoms with van der Waals surface area (Å²) in [4.78, 5) is 74.9. The molecule has 2 aromatic carbocycles. The SMILES string of the molecule is CCC(CC)(C(=O)O)n1cc(C(=O)N[C@@H](Cc2ccccc2)C(=O)NCC(=O)N[C@@H](Cc2ccccc2)C(=O)NCC(=O)O)nn1. The van der Waals surface area contributed by atoms with E-state index >= 15 is 0 Å². The summed E-state index contributed by atoms with van der Waals surface area (Å²) in [6.45, 7) is 2.17. The number of benzene rings is 2. The number of hydrogen-bond acceptors (Lipinski definition) is 8. The van der Waals surface area contributed by atoms with Crippen LogP contribution in [0, 0.1) is 0 Å². The van der Waals surface area contributed by atoms with Gasteiger partial charge in [-0.1, -0.05) is 79.7 Å². The number of carboxylic acids is 2. The van der Waals surface area contributed by atoms with E-state index in [4.69, 9.17) is 5.11 Å². The lowest BCUT2D eigenvalue weighted by Gasteiger charge is -2.26. The Balaban J connectivity index is 1.72. The van der Waals surface area contributed by atoms with Crippen molar-refractivity contribution in [2.75, 3.05) is 13.1 Å². The number of aliphatic carboxylic acids is 2. The van der Waals surface area contributed by atoms with Gasteiger partial charge in [0.25, 0.3) is 5.91 Å². The number of nitrogens with zero attached hydrogens (tertiary/aromatic N) is 3. The third kappa shape index (κ3) is 9.45. The van der Waals surface area contributed by atoms with Crippen molar-refractivity contribution in [3.8, 4) is 0 Å². The molecule has 15 nitrogen and oxygen atoms in total. The quantitative estimate of drug-likeness (QED) is 0.119. The van der Waals surface area contributed by atoms with Gasteiger partial charge in [0.15, 0.2) is 11.2 Å². The van der Waals surface area contributed by atoms with E-state index in [2.05, 4.69) is 31.6 Å². The number of nitrogens with one attached hydrogen (secondary N) is 4. The molecular formula is C31H37N7O8. The van der Waals surface area contributed by atoms with Crippen LogP contribution in [0.4, 0.5) is 0 Å². The Morgan fingerprint density at radius 3 is 1.74 bits per heavy atom. The van der Waals surface area contributed by atoms with Crippen LogP contribution in [0.5, 0.6) is 0 Å². The fourth-order valence-corrected chi connectivity index (χ4v) is 4.72. The van der Waals surface area contributed by atoms with Gasteiger partial charge in [-0.15, -0.1) is 5.10 Å². The predicted molar refractivity (Wildman–Crippen MR) is 163 cm³/mol. The second kappa shape index (κ2) is 16.5. The molecular weight excluding hydrogens is 598 g/mol. The van der Waals surface area contributed by atoms with E-state index in [1.165, 1.54) is 6.20 Å². The maximum absolute atomic E-state index is 13.3. The van der Waals surface area contributed by atoms with Gasteiger partial charge in [-0.05, 0) is 24.0 Å². The molecule has 0 radical (unpaired) electrons. The Morgan fingerprint density at radius 1 is 0.761 bits per heavy atom. The van der Waals surface area contributed by atoms with E-state index in [0.717, 1.165) is 4.68 Å². The molecule has 0 spiro atoms. The number of carboxylic acid groups (broad SMARTS) is 2. The molecule has 46 heavy (non-hydrogen) atoms. The monoisotopic (exact) mass is 635 g/mol. The number of amides is 4. The van der Waals surface area contributed by atoms with Gasteiger partial charge in [0.05, 0.1) is 12.7 Å². The average molecular weight is 636 g/mol. The molecule has 4 amide bonds. The first-order valence-corrected chi connectivity index (χ1v) is 14.6. The minimum absolute atomic E-state index is 0.0470. The van der Waals surface area contributed by atoms with Crippen LogP contribution < -0.4 is 21.3 Å². The maximum Gasteiger partial charge on any atom is 0.331 e. The van der Waals surface area contributed by atoms with Gasteiger partial charge in [0, 0.05) is 12.8 Å². The van der Waals surface area contributed by atoms with Gasteiger partial charge in [-0.2, -0.15) is 0 Å². The average Bonchev–Trinajstić information content (AvgIpc) is 3.54. The normalized spacial score (nSPS) is 12.3. The molecule has 0 saturated carbocycles. The van der Waals surface area contributed by atoms with Crippen molar-refractivity contribution in [3.05, 3.63) is 83.7 Å². The molecule has 1 aromatic heterocycles. The van der Waals surface area contributed by atoms with Gasteiger partial charge in [0.1, 0.15) is 18.6 Å². The van der Waals surface area contributed by atoms with Gasteiger partial charge in [-0.3, -0.25) is 24.0 Å². The molecule has 2 atom stereocenters. The molecule has 0 bridgehead atoms. The lowest BCUT2D eigenvalue weighted by molar-refractivity contribution is -0.148. The molecule has 15 heteroatoms. The van der Waals surface area contributed by atoms with Crippen molar-refractivity contribution in [1.82, 2.24) is 36.3 Å². The van der Waals surface area contributed by atoms with Gasteiger partial charge < -0.3 is 31.5 Å². The van der Waals surface area contributed by atoms with Crippen LogP contribution in [0.15, 0.2) is 66.9 Å². The third-order valence-electron chi connectivity index (χ3n) is 7.41. The smallest absolute Gasteiger partial charge is 0.331 e. The Kier molecular flexibility index (Phi) is 12.5. The number of hydrogen-bond donors (Lipinski definition) is 6. The van der Waals surface area contributed by atoms with Crippen molar-refractivity contribution < 1.29 is 39.0 Å². The van der Waals surface area contributed by atoms with Crippen molar-refractivity contribution in [3.63, 3.8) is 0 Å². The molecule has 3 rings (SSSR count). The van der Waals surface area contributed by atoms with E-state index in [1.54, 1.807) is 74.5 Å². The lowest BCUT2D eigenvalue weighted by atomic mass is 9.93. The molecule has 6 N–H and O–H groups in total. The summed E-state index contributed by atoms with van der Waals surface area (Å²) in [5, 5.41) is 36.2. The molecule has 0 saturated heterocycles. The van der Waals surface area contributed by atoms with Crippen LogP contribution in [0.3, 0.4) is 0 Å². The molecule has 0 unspecified atom stereocenters. The second-order valence-electron chi connectivity index (χ2n) is 10.4. The zero-order valence-corrected chi connectivity index (χ0v) is 25.4. The van der Waals surface area contributed by atoms with Crippen LogP contribution in [0.1, 0.15) is 48.3 Å².